The van der Waals surface area contributed by atoms with Crippen molar-refractivity contribution in [3.8, 4) is 0 Å². The number of amides is 1. The summed E-state index contributed by atoms with van der Waals surface area (Å²) in [4.78, 5) is 15.7. The molecule has 1 aromatic carbocycles. The highest BCUT2D eigenvalue weighted by Crippen LogP contribution is 2.29. The van der Waals surface area contributed by atoms with Crippen LogP contribution in [-0.2, 0) is 21.2 Å². The van der Waals surface area contributed by atoms with Crippen molar-refractivity contribution in [2.24, 2.45) is 0 Å². The summed E-state index contributed by atoms with van der Waals surface area (Å²) in [5.41, 5.74) is 2.15. The summed E-state index contributed by atoms with van der Waals surface area (Å²) >= 11 is 1.27. The Labute approximate surface area is 126 Å². The second kappa shape index (κ2) is 4.81. The summed E-state index contributed by atoms with van der Waals surface area (Å²) in [5.74, 6) is -0.122. The Hall–Kier alpha value is -1.93. The first-order chi connectivity index (χ1) is 9.88. The quantitative estimate of drug-likeness (QED) is 0.933. The summed E-state index contributed by atoms with van der Waals surface area (Å²) in [5, 5.41) is 4.90. The smallest absolute Gasteiger partial charge is 0.265 e. The number of rotatable bonds is 3. The van der Waals surface area contributed by atoms with Crippen LogP contribution in [0.5, 0.6) is 0 Å². The van der Waals surface area contributed by atoms with Crippen LogP contribution in [0.4, 0.5) is 10.8 Å². The van der Waals surface area contributed by atoms with Crippen molar-refractivity contribution < 1.29 is 13.2 Å². The monoisotopic (exact) mass is 323 g/mol. The maximum absolute atomic E-state index is 12.6. The second-order valence-electron chi connectivity index (χ2n) is 4.79. The van der Waals surface area contributed by atoms with E-state index in [2.05, 4.69) is 10.3 Å². The van der Waals surface area contributed by atoms with Crippen molar-refractivity contribution in [3.63, 3.8) is 0 Å². The van der Waals surface area contributed by atoms with Gasteiger partial charge >= 0.3 is 0 Å². The van der Waals surface area contributed by atoms with Crippen LogP contribution in [0, 0.1) is 6.92 Å². The molecule has 0 aliphatic carbocycles. The van der Waals surface area contributed by atoms with Gasteiger partial charge in [-0.05, 0) is 30.7 Å². The zero-order valence-corrected chi connectivity index (χ0v) is 13.1. The maximum Gasteiger partial charge on any atom is 0.265 e. The van der Waals surface area contributed by atoms with Crippen molar-refractivity contribution in [2.75, 3.05) is 16.7 Å². The number of carbonyl (C=O) groups excluding carboxylic acids is 1. The zero-order valence-electron chi connectivity index (χ0n) is 11.5. The first-order valence-electron chi connectivity index (χ1n) is 6.22. The number of carbonyl (C=O) groups is 1. The molecule has 21 heavy (non-hydrogen) atoms. The van der Waals surface area contributed by atoms with E-state index in [1.165, 1.54) is 24.5 Å². The summed E-state index contributed by atoms with van der Waals surface area (Å²) in [6, 6.07) is 4.66. The Balaban J connectivity index is 1.99. The van der Waals surface area contributed by atoms with Gasteiger partial charge in [0, 0.05) is 18.1 Å². The van der Waals surface area contributed by atoms with Crippen molar-refractivity contribution in [3.05, 3.63) is 34.8 Å². The highest BCUT2D eigenvalue weighted by atomic mass is 32.2. The van der Waals surface area contributed by atoms with Gasteiger partial charge < -0.3 is 5.32 Å². The Morgan fingerprint density at radius 1 is 1.38 bits per heavy atom. The molecule has 6 nitrogen and oxygen atoms in total. The fourth-order valence-corrected chi connectivity index (χ4v) is 4.30. The fraction of sp³-hybridized carbons (Fsp3) is 0.231. The average Bonchev–Trinajstić information content (AvgIpc) is 3.01. The lowest BCUT2D eigenvalue weighted by Gasteiger charge is -2.16. The van der Waals surface area contributed by atoms with Crippen LogP contribution in [0.25, 0.3) is 0 Å². The minimum absolute atomic E-state index is 0.122. The van der Waals surface area contributed by atoms with E-state index in [0.717, 1.165) is 10.00 Å². The molecular weight excluding hydrogens is 310 g/mol. The number of aryl methyl sites for hydroxylation is 1. The molecule has 0 spiro atoms. The van der Waals surface area contributed by atoms with Gasteiger partial charge in [-0.3, -0.25) is 4.79 Å². The molecule has 0 atom stereocenters. The van der Waals surface area contributed by atoms with E-state index in [1.54, 1.807) is 17.5 Å². The molecular formula is C13H13N3O3S2. The van der Waals surface area contributed by atoms with Gasteiger partial charge in [0.15, 0.2) is 5.13 Å². The van der Waals surface area contributed by atoms with E-state index in [4.69, 9.17) is 0 Å². The summed E-state index contributed by atoms with van der Waals surface area (Å²) in [7, 11) is -2.20. The molecule has 8 heteroatoms. The maximum atomic E-state index is 12.6. The zero-order chi connectivity index (χ0) is 15.2. The lowest BCUT2D eigenvalue weighted by Crippen LogP contribution is -2.26. The van der Waals surface area contributed by atoms with Crippen LogP contribution in [0.2, 0.25) is 0 Å². The van der Waals surface area contributed by atoms with Crippen LogP contribution >= 0.6 is 11.3 Å². The number of hydrogen-bond donors (Lipinski definition) is 1. The topological polar surface area (TPSA) is 79.4 Å². The largest absolute Gasteiger partial charge is 0.326 e. The minimum atomic E-state index is -3.68. The average molecular weight is 323 g/mol. The number of nitrogens with one attached hydrogen (secondary N) is 1. The van der Waals surface area contributed by atoms with Crippen LogP contribution in [-0.4, -0.2) is 26.4 Å². The number of fused-ring (bicyclic) bond motifs is 1. The van der Waals surface area contributed by atoms with Crippen LogP contribution in [0.3, 0.4) is 0 Å². The molecule has 0 radical (unpaired) electrons. The minimum Gasteiger partial charge on any atom is -0.326 e. The van der Waals surface area contributed by atoms with Crippen molar-refractivity contribution >= 4 is 38.1 Å². The molecule has 0 unspecified atom stereocenters. The van der Waals surface area contributed by atoms with Crippen molar-refractivity contribution in [1.82, 2.24) is 4.98 Å². The number of nitrogens with zero attached hydrogens (tertiary/aromatic N) is 2. The van der Waals surface area contributed by atoms with Crippen LogP contribution < -0.4 is 9.62 Å². The molecule has 0 saturated carbocycles. The molecule has 0 fully saturated rings. The van der Waals surface area contributed by atoms with E-state index >= 15 is 0 Å². The van der Waals surface area contributed by atoms with Gasteiger partial charge in [0.1, 0.15) is 0 Å². The molecule has 1 N–H and O–H groups in total. The van der Waals surface area contributed by atoms with Gasteiger partial charge in [0.25, 0.3) is 10.0 Å². The summed E-state index contributed by atoms with van der Waals surface area (Å²) in [6.07, 6.45) is 0.207. The predicted molar refractivity (Wildman–Crippen MR) is 81.2 cm³/mol. The lowest BCUT2D eigenvalue weighted by atomic mass is 10.2. The molecule has 1 aliphatic heterocycles. The van der Waals surface area contributed by atoms with Crippen molar-refractivity contribution in [1.29, 1.82) is 0 Å². The normalized spacial score (nSPS) is 13.9. The van der Waals surface area contributed by atoms with Crippen LogP contribution in [0.1, 0.15) is 11.3 Å². The van der Waals surface area contributed by atoms with Gasteiger partial charge in [-0.15, -0.1) is 11.3 Å². The summed E-state index contributed by atoms with van der Waals surface area (Å²) < 4.78 is 26.4. The van der Waals surface area contributed by atoms with E-state index in [1.807, 2.05) is 6.92 Å². The molecule has 3 rings (SSSR count). The van der Waals surface area contributed by atoms with Gasteiger partial charge in [-0.2, -0.15) is 0 Å². The van der Waals surface area contributed by atoms with Crippen molar-refractivity contribution in [2.45, 2.75) is 18.2 Å². The first kappa shape index (κ1) is 14.0. The molecule has 2 aromatic rings. The van der Waals surface area contributed by atoms with Gasteiger partial charge in [0.05, 0.1) is 17.0 Å². The molecule has 0 bridgehead atoms. The van der Waals surface area contributed by atoms with Gasteiger partial charge in [0.2, 0.25) is 5.91 Å². The Morgan fingerprint density at radius 3 is 2.81 bits per heavy atom. The van der Waals surface area contributed by atoms with Gasteiger partial charge in [-0.1, -0.05) is 0 Å². The third-order valence-corrected chi connectivity index (χ3v) is 6.13. The Kier molecular flexibility index (Phi) is 3.22. The van der Waals surface area contributed by atoms with E-state index < -0.39 is 10.0 Å². The highest BCUT2D eigenvalue weighted by molar-refractivity contribution is 7.93. The molecule has 2 heterocycles. The van der Waals surface area contributed by atoms with E-state index in [9.17, 15) is 13.2 Å². The number of thiazole rings is 1. The third-order valence-electron chi connectivity index (χ3n) is 3.24. The SMILES string of the molecule is Cc1csc(N(C)S(=O)(=O)c2ccc3c(c2)CC(=O)N3)n1. The molecule has 1 aromatic heterocycles. The predicted octanol–water partition coefficient (Wildman–Crippen LogP) is 1.77. The number of hydrogen-bond acceptors (Lipinski definition) is 5. The standard InChI is InChI=1S/C13H13N3O3S2/c1-8-7-20-13(14-8)16(2)21(18,19)10-3-4-11-9(5-10)6-12(17)15-11/h3-5,7H,6H2,1-2H3,(H,15,17). The number of sulfonamides is 1. The lowest BCUT2D eigenvalue weighted by molar-refractivity contribution is -0.115. The van der Waals surface area contributed by atoms with Crippen LogP contribution in [0.15, 0.2) is 28.5 Å². The van der Waals surface area contributed by atoms with E-state index in [0.29, 0.717) is 16.4 Å². The molecule has 0 saturated heterocycles. The van der Waals surface area contributed by atoms with Gasteiger partial charge in [-0.25, -0.2) is 17.7 Å². The first-order valence-corrected chi connectivity index (χ1v) is 8.54. The number of benzene rings is 1. The Morgan fingerprint density at radius 2 is 2.14 bits per heavy atom. The molecule has 110 valence electrons. The Bertz CT molecular complexity index is 827. The molecule has 1 aliphatic rings. The third kappa shape index (κ3) is 2.40. The highest BCUT2D eigenvalue weighted by Gasteiger charge is 2.26. The number of anilines is 2. The summed E-state index contributed by atoms with van der Waals surface area (Å²) in [6.45, 7) is 1.81. The second-order valence-corrected chi connectivity index (χ2v) is 7.59. The number of aromatic nitrogens is 1. The fourth-order valence-electron chi connectivity index (χ4n) is 2.11. The molecule has 1 amide bonds. The van der Waals surface area contributed by atoms with E-state index in [-0.39, 0.29) is 17.2 Å².